The molecule has 0 fully saturated rings. The summed E-state index contributed by atoms with van der Waals surface area (Å²) in [5.74, 6) is -3.73. The van der Waals surface area contributed by atoms with Gasteiger partial charge in [0, 0.05) is 0 Å². The van der Waals surface area contributed by atoms with Gasteiger partial charge in [0.2, 0.25) is 0 Å². The highest BCUT2D eigenvalue weighted by Gasteiger charge is 2.28. The summed E-state index contributed by atoms with van der Waals surface area (Å²) in [5.41, 5.74) is 22.0. The lowest BCUT2D eigenvalue weighted by Crippen LogP contribution is -2.42. The summed E-state index contributed by atoms with van der Waals surface area (Å²) in [6, 6.07) is 0. The van der Waals surface area contributed by atoms with E-state index >= 15 is 0 Å². The molecule has 0 saturated heterocycles. The molecule has 0 radical (unpaired) electrons. The fraction of sp³-hybridized carbons (Fsp3) is 0.571. The Hall–Kier alpha value is -2.08. The van der Waals surface area contributed by atoms with E-state index in [4.69, 9.17) is 32.8 Å². The lowest BCUT2D eigenvalue weighted by Gasteiger charge is -2.08. The summed E-state index contributed by atoms with van der Waals surface area (Å²) in [6.07, 6.45) is -6.28. The molecule has 0 aromatic rings. The molecule has 0 aliphatic rings. The third-order valence-corrected chi connectivity index (χ3v) is 1.21. The summed E-state index contributed by atoms with van der Waals surface area (Å²) in [7, 11) is 0. The summed E-state index contributed by atoms with van der Waals surface area (Å²) >= 11 is 0. The van der Waals surface area contributed by atoms with E-state index in [0.717, 1.165) is 0 Å². The molecule has 0 aromatic carbocycles. The van der Waals surface area contributed by atoms with E-state index in [1.165, 1.54) is 0 Å². The number of hydrogen-bond acceptors (Lipinski definition) is 5. The molecule has 0 heterocycles. The van der Waals surface area contributed by atoms with Crippen molar-refractivity contribution in [2.24, 2.45) is 22.2 Å². The monoisotopic (exact) mass is 286 g/mol. The maximum atomic E-state index is 10.9. The molecular formula is C7H13F3N6O3-2. The minimum absolute atomic E-state index is 0.0975. The SMILES string of the molecule is O=C([O-])C(F)(F)F.[NH-]CCNC(=O)C(N)N=C(N)N. The molecule has 0 aliphatic carbocycles. The molecule has 0 bridgehead atoms. The summed E-state index contributed by atoms with van der Waals surface area (Å²) in [5, 5.41) is 11.2. The normalized spacial score (nSPS) is 11.6. The van der Waals surface area contributed by atoms with Crippen molar-refractivity contribution in [2.45, 2.75) is 12.3 Å². The summed E-state index contributed by atoms with van der Waals surface area (Å²) < 4.78 is 31.5. The quantitative estimate of drug-likeness (QED) is 0.315. The second-order valence-electron chi connectivity index (χ2n) is 2.83. The van der Waals surface area contributed by atoms with Crippen LogP contribution in [0.15, 0.2) is 4.99 Å². The zero-order valence-electron chi connectivity index (χ0n) is 9.53. The average Bonchev–Trinajstić information content (AvgIpc) is 2.24. The minimum Gasteiger partial charge on any atom is -0.676 e. The van der Waals surface area contributed by atoms with Crippen molar-refractivity contribution < 1.29 is 27.9 Å². The number of alkyl halides is 3. The van der Waals surface area contributed by atoms with Gasteiger partial charge < -0.3 is 38.2 Å². The van der Waals surface area contributed by atoms with Crippen LogP contribution in [0.5, 0.6) is 0 Å². The van der Waals surface area contributed by atoms with Crippen molar-refractivity contribution in [3.05, 3.63) is 5.73 Å². The average molecular weight is 286 g/mol. The van der Waals surface area contributed by atoms with Gasteiger partial charge in [-0.2, -0.15) is 13.2 Å². The molecule has 112 valence electrons. The standard InChI is InChI=1S/C5H13N6O.C2HF3O2/c6-1-2-10-4(12)3(7)11-5(8)9;3-2(4,5)1(6)7/h3,6H,1-2,7H2,(H,10,12)(H4,8,9,11);(H,6,7)/q-1;/p-1. The number of carbonyl (C=O) groups excluding carboxylic acids is 2. The number of nitrogens with zero attached hydrogens (tertiary/aromatic N) is 1. The Kier molecular flexibility index (Phi) is 9.06. The van der Waals surface area contributed by atoms with Crippen molar-refractivity contribution >= 4 is 17.8 Å². The largest absolute Gasteiger partial charge is 0.676 e. The predicted molar refractivity (Wildman–Crippen MR) is 57.0 cm³/mol. The van der Waals surface area contributed by atoms with Crippen molar-refractivity contribution in [1.29, 1.82) is 0 Å². The number of aliphatic imine (C=N–C) groups is 1. The first-order valence-corrected chi connectivity index (χ1v) is 4.57. The number of guanidine groups is 1. The predicted octanol–water partition coefficient (Wildman–Crippen LogP) is -2.99. The van der Waals surface area contributed by atoms with Gasteiger partial charge in [-0.1, -0.05) is 0 Å². The number of carboxylic acid groups (broad SMARTS) is 1. The zero-order valence-corrected chi connectivity index (χ0v) is 9.53. The van der Waals surface area contributed by atoms with Crippen LogP contribution in [0.4, 0.5) is 13.2 Å². The van der Waals surface area contributed by atoms with Gasteiger partial charge in [-0.25, -0.2) is 4.99 Å². The molecule has 1 unspecified atom stereocenters. The number of amides is 1. The van der Waals surface area contributed by atoms with Crippen LogP contribution < -0.4 is 27.6 Å². The number of rotatable bonds is 4. The molecule has 12 heteroatoms. The fourth-order valence-corrected chi connectivity index (χ4v) is 0.509. The van der Waals surface area contributed by atoms with Crippen LogP contribution >= 0.6 is 0 Å². The molecule has 9 nitrogen and oxygen atoms in total. The molecule has 0 spiro atoms. The first-order valence-electron chi connectivity index (χ1n) is 4.57. The Morgan fingerprint density at radius 3 is 2.05 bits per heavy atom. The zero-order chi connectivity index (χ0) is 15.6. The second kappa shape index (κ2) is 8.93. The van der Waals surface area contributed by atoms with Crippen molar-refractivity contribution in [3.8, 4) is 0 Å². The smallest absolute Gasteiger partial charge is 0.430 e. The van der Waals surface area contributed by atoms with Crippen LogP contribution in [0, 0.1) is 0 Å². The van der Waals surface area contributed by atoms with Crippen molar-refractivity contribution in [2.75, 3.05) is 13.1 Å². The van der Waals surface area contributed by atoms with Crippen LogP contribution in [0.25, 0.3) is 5.73 Å². The topological polar surface area (TPSA) is 183 Å². The summed E-state index contributed by atoms with van der Waals surface area (Å²) in [4.78, 5) is 23.1. The Balaban J connectivity index is 0. The van der Waals surface area contributed by atoms with E-state index in [-0.39, 0.29) is 19.0 Å². The van der Waals surface area contributed by atoms with Gasteiger partial charge in [-0.3, -0.25) is 4.79 Å². The third kappa shape index (κ3) is 12.2. The van der Waals surface area contributed by atoms with Gasteiger partial charge in [0.25, 0.3) is 5.91 Å². The van der Waals surface area contributed by atoms with Gasteiger partial charge in [-0.05, 0) is 6.54 Å². The minimum atomic E-state index is -5.19. The Morgan fingerprint density at radius 2 is 1.79 bits per heavy atom. The number of halogens is 3. The molecule has 0 aliphatic heterocycles. The maximum absolute atomic E-state index is 10.9. The molecule has 0 rings (SSSR count). The molecular weight excluding hydrogens is 273 g/mol. The first-order chi connectivity index (χ1) is 8.52. The molecule has 1 amide bonds. The first kappa shape index (κ1) is 19.3. The van der Waals surface area contributed by atoms with Gasteiger partial charge in [-0.15, -0.1) is 6.54 Å². The van der Waals surface area contributed by atoms with Gasteiger partial charge in [0.1, 0.15) is 5.97 Å². The number of carboxylic acids is 1. The van der Waals surface area contributed by atoms with Crippen LogP contribution in [0.2, 0.25) is 0 Å². The van der Waals surface area contributed by atoms with E-state index in [1.54, 1.807) is 0 Å². The van der Waals surface area contributed by atoms with Crippen LogP contribution in [-0.2, 0) is 9.59 Å². The van der Waals surface area contributed by atoms with Crippen LogP contribution in [0.3, 0.4) is 0 Å². The van der Waals surface area contributed by atoms with Crippen LogP contribution in [0.1, 0.15) is 0 Å². The number of nitrogens with one attached hydrogen (secondary N) is 2. The highest BCUT2D eigenvalue weighted by atomic mass is 19.4. The highest BCUT2D eigenvalue weighted by molar-refractivity contribution is 5.85. The fourth-order valence-electron chi connectivity index (χ4n) is 0.509. The molecule has 8 N–H and O–H groups in total. The van der Waals surface area contributed by atoms with Gasteiger partial charge in [0.15, 0.2) is 12.1 Å². The Bertz CT molecular complexity index is 329. The van der Waals surface area contributed by atoms with Crippen molar-refractivity contribution in [3.63, 3.8) is 0 Å². The molecule has 19 heavy (non-hydrogen) atoms. The van der Waals surface area contributed by atoms with E-state index < -0.39 is 24.2 Å². The van der Waals surface area contributed by atoms with Crippen molar-refractivity contribution in [1.82, 2.24) is 5.32 Å². The van der Waals surface area contributed by atoms with Gasteiger partial charge in [0.05, 0.1) is 0 Å². The highest BCUT2D eigenvalue weighted by Crippen LogP contribution is 2.11. The second-order valence-corrected chi connectivity index (χ2v) is 2.83. The number of aliphatic carboxylic acids is 1. The lowest BCUT2D eigenvalue weighted by atomic mass is 10.4. The Morgan fingerprint density at radius 1 is 1.37 bits per heavy atom. The number of nitrogens with two attached hydrogens (primary N) is 3. The van der Waals surface area contributed by atoms with E-state index in [9.17, 15) is 18.0 Å². The van der Waals surface area contributed by atoms with E-state index in [0.29, 0.717) is 0 Å². The van der Waals surface area contributed by atoms with Crippen LogP contribution in [-0.4, -0.2) is 43.3 Å². The molecule has 0 aromatic heterocycles. The van der Waals surface area contributed by atoms with Gasteiger partial charge >= 0.3 is 6.18 Å². The third-order valence-electron chi connectivity index (χ3n) is 1.21. The maximum Gasteiger partial charge on any atom is 0.430 e. The Labute approximate surface area is 105 Å². The molecule has 0 saturated carbocycles. The van der Waals surface area contributed by atoms with E-state index in [2.05, 4.69) is 10.3 Å². The number of carbonyl (C=O) groups is 2. The number of hydrogen-bond donors (Lipinski definition) is 4. The van der Waals surface area contributed by atoms with E-state index in [1.807, 2.05) is 0 Å². The molecule has 1 atom stereocenters. The summed E-state index contributed by atoms with van der Waals surface area (Å²) in [6.45, 7) is 0.340. The lowest BCUT2D eigenvalue weighted by molar-refractivity contribution is -0.344.